The van der Waals surface area contributed by atoms with Crippen LogP contribution in [0.4, 0.5) is 4.39 Å². The maximum atomic E-state index is 14.1. The normalized spacial score (nSPS) is 21.7. The third-order valence-electron chi connectivity index (χ3n) is 5.08. The molecule has 2 nitrogen and oxygen atoms in total. The van der Waals surface area contributed by atoms with E-state index in [-0.39, 0.29) is 11.9 Å². The Hall–Kier alpha value is -1.87. The van der Waals surface area contributed by atoms with Crippen LogP contribution in [0.5, 0.6) is 5.75 Å². The second kappa shape index (κ2) is 6.32. The van der Waals surface area contributed by atoms with E-state index in [0.717, 1.165) is 36.1 Å². The molecule has 0 amide bonds. The van der Waals surface area contributed by atoms with Gasteiger partial charge in [-0.1, -0.05) is 31.2 Å². The fourth-order valence-corrected chi connectivity index (χ4v) is 3.62. The summed E-state index contributed by atoms with van der Waals surface area (Å²) in [6, 6.07) is 11.8. The summed E-state index contributed by atoms with van der Waals surface area (Å²) in [6.07, 6.45) is 1.70. The highest BCUT2D eigenvalue weighted by molar-refractivity contribution is 5.37. The van der Waals surface area contributed by atoms with Crippen LogP contribution >= 0.6 is 0 Å². The lowest BCUT2D eigenvalue weighted by atomic mass is 9.92. The van der Waals surface area contributed by atoms with Gasteiger partial charge in [0.15, 0.2) is 0 Å². The van der Waals surface area contributed by atoms with Crippen LogP contribution < -0.4 is 0 Å². The molecule has 3 rings (SSSR count). The number of benzene rings is 2. The SMILES string of the molecule is CCc1ccc(C2CC(c3ccc(O)c(C)c3)CN2C)cc1F. The van der Waals surface area contributed by atoms with Gasteiger partial charge in [0.2, 0.25) is 0 Å². The molecular formula is C20H24FNO. The van der Waals surface area contributed by atoms with E-state index in [2.05, 4.69) is 24.1 Å². The van der Waals surface area contributed by atoms with E-state index in [1.165, 1.54) is 5.56 Å². The second-order valence-electron chi connectivity index (χ2n) is 6.64. The van der Waals surface area contributed by atoms with Crippen LogP contribution in [0.2, 0.25) is 0 Å². The molecule has 2 aromatic rings. The first-order valence-electron chi connectivity index (χ1n) is 8.27. The Bertz CT molecular complexity index is 713. The van der Waals surface area contributed by atoms with Gasteiger partial charge in [0.1, 0.15) is 11.6 Å². The standard InChI is InChI=1S/C20H24FNO/c1-4-14-5-6-16(10-18(14)21)19-11-17(12-22(19)3)15-7-8-20(23)13(2)9-15/h5-10,17,19,23H,4,11-12H2,1-3H3. The number of hydrogen-bond donors (Lipinski definition) is 1. The van der Waals surface area contributed by atoms with Crippen molar-refractivity contribution in [2.24, 2.45) is 0 Å². The van der Waals surface area contributed by atoms with E-state index in [0.29, 0.717) is 11.7 Å². The summed E-state index contributed by atoms with van der Waals surface area (Å²) in [5.41, 5.74) is 3.99. The molecule has 1 aliphatic heterocycles. The van der Waals surface area contributed by atoms with Crippen molar-refractivity contribution in [1.82, 2.24) is 4.90 Å². The van der Waals surface area contributed by atoms with Gasteiger partial charge >= 0.3 is 0 Å². The summed E-state index contributed by atoms with van der Waals surface area (Å²) in [7, 11) is 2.10. The number of rotatable bonds is 3. The van der Waals surface area contributed by atoms with Crippen LogP contribution in [0.3, 0.4) is 0 Å². The predicted molar refractivity (Wildman–Crippen MR) is 91.4 cm³/mol. The number of aryl methyl sites for hydroxylation is 2. The minimum absolute atomic E-state index is 0.0951. The van der Waals surface area contributed by atoms with E-state index >= 15 is 0 Å². The molecule has 2 aromatic carbocycles. The Balaban J connectivity index is 1.83. The molecular weight excluding hydrogens is 289 g/mol. The monoisotopic (exact) mass is 313 g/mol. The minimum atomic E-state index is -0.0951. The molecule has 3 heteroatoms. The lowest BCUT2D eigenvalue weighted by Crippen LogP contribution is -2.18. The molecule has 23 heavy (non-hydrogen) atoms. The van der Waals surface area contributed by atoms with Crippen molar-refractivity contribution in [3.8, 4) is 5.75 Å². The van der Waals surface area contributed by atoms with E-state index in [9.17, 15) is 9.50 Å². The summed E-state index contributed by atoms with van der Waals surface area (Å²) < 4.78 is 14.1. The first-order chi connectivity index (χ1) is 11.0. The average molecular weight is 313 g/mol. The van der Waals surface area contributed by atoms with Crippen LogP contribution in [0.1, 0.15) is 47.6 Å². The highest BCUT2D eigenvalue weighted by Gasteiger charge is 2.31. The van der Waals surface area contributed by atoms with Crippen LogP contribution in [0, 0.1) is 12.7 Å². The first-order valence-corrected chi connectivity index (χ1v) is 8.27. The van der Waals surface area contributed by atoms with Crippen molar-refractivity contribution >= 4 is 0 Å². The van der Waals surface area contributed by atoms with E-state index in [4.69, 9.17) is 0 Å². The van der Waals surface area contributed by atoms with Gasteiger partial charge in [-0.15, -0.1) is 0 Å². The number of phenols is 1. The van der Waals surface area contributed by atoms with E-state index < -0.39 is 0 Å². The summed E-state index contributed by atoms with van der Waals surface area (Å²) in [4.78, 5) is 2.30. The molecule has 1 N–H and O–H groups in total. The van der Waals surface area contributed by atoms with Crippen molar-refractivity contribution in [1.29, 1.82) is 0 Å². The zero-order chi connectivity index (χ0) is 16.6. The topological polar surface area (TPSA) is 23.5 Å². The Morgan fingerprint density at radius 2 is 1.91 bits per heavy atom. The summed E-state index contributed by atoms with van der Waals surface area (Å²) in [5.74, 6) is 0.661. The Morgan fingerprint density at radius 3 is 2.57 bits per heavy atom. The molecule has 0 bridgehead atoms. The molecule has 2 atom stereocenters. The lowest BCUT2D eigenvalue weighted by Gasteiger charge is -2.20. The lowest BCUT2D eigenvalue weighted by molar-refractivity contribution is 0.315. The fraction of sp³-hybridized carbons (Fsp3) is 0.400. The van der Waals surface area contributed by atoms with Crippen molar-refractivity contribution in [3.05, 3.63) is 64.5 Å². The number of halogens is 1. The largest absolute Gasteiger partial charge is 0.508 e. The molecule has 0 spiro atoms. The third-order valence-corrected chi connectivity index (χ3v) is 5.08. The van der Waals surface area contributed by atoms with Crippen molar-refractivity contribution in [2.45, 2.75) is 38.6 Å². The summed E-state index contributed by atoms with van der Waals surface area (Å²) in [5, 5.41) is 9.70. The smallest absolute Gasteiger partial charge is 0.126 e. The Morgan fingerprint density at radius 1 is 1.17 bits per heavy atom. The third kappa shape index (κ3) is 3.11. The summed E-state index contributed by atoms with van der Waals surface area (Å²) in [6.45, 7) is 4.85. The maximum absolute atomic E-state index is 14.1. The highest BCUT2D eigenvalue weighted by atomic mass is 19.1. The maximum Gasteiger partial charge on any atom is 0.126 e. The van der Waals surface area contributed by atoms with Gasteiger partial charge in [0.05, 0.1) is 0 Å². The van der Waals surface area contributed by atoms with Crippen LogP contribution in [-0.2, 0) is 6.42 Å². The molecule has 1 saturated heterocycles. The number of hydrogen-bond acceptors (Lipinski definition) is 2. The molecule has 1 aliphatic rings. The summed E-state index contributed by atoms with van der Waals surface area (Å²) >= 11 is 0. The number of aromatic hydroxyl groups is 1. The van der Waals surface area contributed by atoms with Gasteiger partial charge in [-0.2, -0.15) is 0 Å². The van der Waals surface area contributed by atoms with Gasteiger partial charge in [-0.05, 0) is 67.1 Å². The van der Waals surface area contributed by atoms with Gasteiger partial charge in [-0.25, -0.2) is 4.39 Å². The number of nitrogens with zero attached hydrogens (tertiary/aromatic N) is 1. The Labute approximate surface area is 137 Å². The van der Waals surface area contributed by atoms with Gasteiger partial charge < -0.3 is 5.11 Å². The van der Waals surface area contributed by atoms with Gasteiger partial charge in [0, 0.05) is 12.6 Å². The van der Waals surface area contributed by atoms with Crippen molar-refractivity contribution in [2.75, 3.05) is 13.6 Å². The molecule has 2 unspecified atom stereocenters. The van der Waals surface area contributed by atoms with Crippen molar-refractivity contribution in [3.63, 3.8) is 0 Å². The zero-order valence-corrected chi connectivity index (χ0v) is 14.0. The molecule has 1 heterocycles. The highest BCUT2D eigenvalue weighted by Crippen LogP contribution is 2.40. The molecule has 1 fully saturated rings. The van der Waals surface area contributed by atoms with Crippen LogP contribution in [-0.4, -0.2) is 23.6 Å². The average Bonchev–Trinajstić information content (AvgIpc) is 2.92. The molecule has 0 saturated carbocycles. The quantitative estimate of drug-likeness (QED) is 0.897. The number of phenolic OH excluding ortho intramolecular Hbond substituents is 1. The van der Waals surface area contributed by atoms with Gasteiger partial charge in [-0.3, -0.25) is 4.90 Å². The Kier molecular flexibility index (Phi) is 4.40. The molecule has 122 valence electrons. The molecule has 0 radical (unpaired) electrons. The van der Waals surface area contributed by atoms with Crippen LogP contribution in [0.25, 0.3) is 0 Å². The first kappa shape index (κ1) is 16.0. The number of likely N-dealkylation sites (tertiary alicyclic amines) is 1. The fourth-order valence-electron chi connectivity index (χ4n) is 3.62. The van der Waals surface area contributed by atoms with Gasteiger partial charge in [0.25, 0.3) is 0 Å². The second-order valence-corrected chi connectivity index (χ2v) is 6.64. The van der Waals surface area contributed by atoms with Crippen molar-refractivity contribution < 1.29 is 9.50 Å². The zero-order valence-electron chi connectivity index (χ0n) is 14.0. The van der Waals surface area contributed by atoms with E-state index in [1.54, 1.807) is 12.1 Å². The number of likely N-dealkylation sites (N-methyl/N-ethyl adjacent to an activating group) is 1. The molecule has 0 aromatic heterocycles. The molecule has 0 aliphatic carbocycles. The van der Waals surface area contributed by atoms with Crippen LogP contribution in [0.15, 0.2) is 36.4 Å². The van der Waals surface area contributed by atoms with E-state index in [1.807, 2.05) is 26.0 Å². The minimum Gasteiger partial charge on any atom is -0.508 e. The predicted octanol–water partition coefficient (Wildman–Crippen LogP) is 4.56.